The third-order valence-corrected chi connectivity index (χ3v) is 5.78. The Morgan fingerprint density at radius 2 is 2.27 bits per heavy atom. The molecule has 1 heterocycles. The Balaban J connectivity index is 2.01. The second kappa shape index (κ2) is 4.70. The van der Waals surface area contributed by atoms with E-state index in [0.717, 1.165) is 30.6 Å². The van der Waals surface area contributed by atoms with Crippen molar-refractivity contribution in [2.75, 3.05) is 13.7 Å². The third kappa shape index (κ3) is 1.53. The van der Waals surface area contributed by atoms with Gasteiger partial charge in [-0.25, -0.2) is 0 Å². The van der Waals surface area contributed by atoms with Crippen LogP contribution < -0.4 is 20.9 Å². The standard InChI is InChI=1S/C17H22N2O3/c1-21-13-5-2-9-8-11(19)10-3-4-12(20)16-17(10,6-7-18)14(9)15(13)22-16/h2,5,10-11,16H,3-4,6-8,18-19H2,1H3/t10?,11?,16?,17-/m0/s1. The van der Waals surface area contributed by atoms with Crippen LogP contribution in [0.5, 0.6) is 11.5 Å². The van der Waals surface area contributed by atoms with E-state index in [1.165, 1.54) is 5.56 Å². The summed E-state index contributed by atoms with van der Waals surface area (Å²) in [6.45, 7) is 0.520. The monoisotopic (exact) mass is 302 g/mol. The van der Waals surface area contributed by atoms with E-state index in [-0.39, 0.29) is 23.2 Å². The van der Waals surface area contributed by atoms with Gasteiger partial charge in [-0.2, -0.15) is 0 Å². The average molecular weight is 302 g/mol. The average Bonchev–Trinajstić information content (AvgIpc) is 2.85. The minimum absolute atomic E-state index is 0.0533. The normalized spacial score (nSPS) is 35.0. The lowest BCUT2D eigenvalue weighted by molar-refractivity contribution is -0.133. The highest BCUT2D eigenvalue weighted by atomic mass is 16.5. The maximum atomic E-state index is 12.6. The van der Waals surface area contributed by atoms with E-state index in [2.05, 4.69) is 6.07 Å². The highest BCUT2D eigenvalue weighted by Crippen LogP contribution is 2.60. The van der Waals surface area contributed by atoms with Crippen molar-refractivity contribution in [2.45, 2.75) is 43.2 Å². The van der Waals surface area contributed by atoms with Gasteiger partial charge in [-0.1, -0.05) is 6.07 Å². The number of rotatable bonds is 3. The molecule has 0 aromatic heterocycles. The first-order chi connectivity index (χ1) is 10.6. The Labute approximate surface area is 129 Å². The molecule has 0 radical (unpaired) electrons. The van der Waals surface area contributed by atoms with Crippen molar-refractivity contribution < 1.29 is 14.3 Å². The first kappa shape index (κ1) is 14.0. The summed E-state index contributed by atoms with van der Waals surface area (Å²) in [7, 11) is 1.63. The van der Waals surface area contributed by atoms with E-state index >= 15 is 0 Å². The summed E-state index contributed by atoms with van der Waals surface area (Å²) in [5.74, 6) is 1.86. The molecule has 5 heteroatoms. The molecule has 3 aliphatic rings. The third-order valence-electron chi connectivity index (χ3n) is 5.78. The second-order valence-corrected chi connectivity index (χ2v) is 6.69. The van der Waals surface area contributed by atoms with Crippen LogP contribution in [0, 0.1) is 5.92 Å². The van der Waals surface area contributed by atoms with E-state index in [1.807, 2.05) is 6.07 Å². The van der Waals surface area contributed by atoms with Crippen molar-refractivity contribution in [3.05, 3.63) is 23.3 Å². The summed E-state index contributed by atoms with van der Waals surface area (Å²) < 4.78 is 11.6. The number of benzene rings is 1. The molecule has 118 valence electrons. The smallest absolute Gasteiger partial charge is 0.174 e. The van der Waals surface area contributed by atoms with Gasteiger partial charge in [0.05, 0.1) is 7.11 Å². The van der Waals surface area contributed by atoms with Crippen molar-refractivity contribution >= 4 is 5.78 Å². The van der Waals surface area contributed by atoms with Gasteiger partial charge >= 0.3 is 0 Å². The second-order valence-electron chi connectivity index (χ2n) is 6.69. The molecule has 1 aliphatic heterocycles. The Bertz CT molecular complexity index is 645. The van der Waals surface area contributed by atoms with Gasteiger partial charge in [0.15, 0.2) is 23.4 Å². The van der Waals surface area contributed by atoms with E-state index in [0.29, 0.717) is 18.7 Å². The predicted molar refractivity (Wildman–Crippen MR) is 82.2 cm³/mol. The summed E-state index contributed by atoms with van der Waals surface area (Å²) in [6, 6.07) is 4.04. The number of carbonyl (C=O) groups excluding carboxylic acids is 1. The largest absolute Gasteiger partial charge is 0.493 e. The number of hydrogen-bond donors (Lipinski definition) is 2. The maximum Gasteiger partial charge on any atom is 0.174 e. The molecule has 0 saturated heterocycles. The van der Waals surface area contributed by atoms with Gasteiger partial charge in [-0.3, -0.25) is 4.79 Å². The van der Waals surface area contributed by atoms with E-state index in [4.69, 9.17) is 20.9 Å². The molecule has 0 amide bonds. The molecule has 4 N–H and O–H groups in total. The summed E-state index contributed by atoms with van der Waals surface area (Å²) >= 11 is 0. The number of Topliss-reactive ketones (excluding diaryl/α,β-unsaturated/α-hetero) is 1. The zero-order valence-electron chi connectivity index (χ0n) is 12.8. The Hall–Kier alpha value is -1.59. The van der Waals surface area contributed by atoms with Gasteiger partial charge in [-0.05, 0) is 43.4 Å². The first-order valence-corrected chi connectivity index (χ1v) is 7.99. The number of nitrogens with two attached hydrogens (primary N) is 2. The Morgan fingerprint density at radius 3 is 3.00 bits per heavy atom. The van der Waals surface area contributed by atoms with Gasteiger partial charge < -0.3 is 20.9 Å². The van der Waals surface area contributed by atoms with Crippen molar-refractivity contribution in [1.29, 1.82) is 0 Å². The molecule has 1 aromatic carbocycles. The number of methoxy groups -OCH3 is 1. The number of ether oxygens (including phenoxy) is 2. The van der Waals surface area contributed by atoms with Crippen LogP contribution in [0.15, 0.2) is 12.1 Å². The number of hydrogen-bond acceptors (Lipinski definition) is 5. The lowest BCUT2D eigenvalue weighted by Gasteiger charge is -2.49. The topological polar surface area (TPSA) is 87.6 Å². The Morgan fingerprint density at radius 1 is 1.45 bits per heavy atom. The van der Waals surface area contributed by atoms with Crippen molar-refractivity contribution in [3.8, 4) is 11.5 Å². The lowest BCUT2D eigenvalue weighted by Crippen LogP contribution is -2.60. The van der Waals surface area contributed by atoms with Gasteiger partial charge in [0, 0.05) is 23.4 Å². The molecule has 4 atom stereocenters. The van der Waals surface area contributed by atoms with Gasteiger partial charge in [-0.15, -0.1) is 0 Å². The van der Waals surface area contributed by atoms with Crippen LogP contribution in [0.25, 0.3) is 0 Å². The van der Waals surface area contributed by atoms with Crippen LogP contribution in [0.3, 0.4) is 0 Å². The minimum Gasteiger partial charge on any atom is -0.493 e. The van der Waals surface area contributed by atoms with Crippen molar-refractivity contribution in [1.82, 2.24) is 0 Å². The molecule has 0 spiro atoms. The zero-order chi connectivity index (χ0) is 15.5. The van der Waals surface area contributed by atoms with Crippen LogP contribution in [0.1, 0.15) is 30.4 Å². The fourth-order valence-electron chi connectivity index (χ4n) is 5.01. The van der Waals surface area contributed by atoms with Crippen molar-refractivity contribution in [2.24, 2.45) is 17.4 Å². The molecule has 22 heavy (non-hydrogen) atoms. The van der Waals surface area contributed by atoms with E-state index < -0.39 is 6.10 Å². The van der Waals surface area contributed by atoms with Gasteiger partial charge in [0.2, 0.25) is 0 Å². The SMILES string of the molecule is COc1ccc2c3c1OC1C(=O)CCC(C(N)C2)[C@@]31CCN. The molecule has 4 rings (SSSR count). The summed E-state index contributed by atoms with van der Waals surface area (Å²) in [5, 5.41) is 0. The van der Waals surface area contributed by atoms with Crippen molar-refractivity contribution in [3.63, 3.8) is 0 Å². The van der Waals surface area contributed by atoms with E-state index in [9.17, 15) is 4.79 Å². The molecule has 1 aromatic rings. The maximum absolute atomic E-state index is 12.6. The van der Waals surface area contributed by atoms with Crippen LogP contribution >= 0.6 is 0 Å². The molecule has 1 fully saturated rings. The number of carbonyl (C=O) groups is 1. The van der Waals surface area contributed by atoms with Crippen LogP contribution in [-0.2, 0) is 16.6 Å². The molecule has 1 saturated carbocycles. The van der Waals surface area contributed by atoms with Crippen LogP contribution in [-0.4, -0.2) is 31.6 Å². The van der Waals surface area contributed by atoms with Crippen LogP contribution in [0.4, 0.5) is 0 Å². The summed E-state index contributed by atoms with van der Waals surface area (Å²) in [6.07, 6.45) is 2.48. The lowest BCUT2D eigenvalue weighted by atomic mass is 9.53. The zero-order valence-corrected chi connectivity index (χ0v) is 12.8. The minimum atomic E-state index is -0.453. The van der Waals surface area contributed by atoms with Crippen LogP contribution in [0.2, 0.25) is 0 Å². The van der Waals surface area contributed by atoms with Gasteiger partial charge in [0.1, 0.15) is 0 Å². The fourth-order valence-corrected chi connectivity index (χ4v) is 5.01. The summed E-state index contributed by atoms with van der Waals surface area (Å²) in [5.41, 5.74) is 14.4. The molecule has 0 bridgehead atoms. The molecular weight excluding hydrogens is 280 g/mol. The van der Waals surface area contributed by atoms with E-state index in [1.54, 1.807) is 7.11 Å². The highest BCUT2D eigenvalue weighted by Gasteiger charge is 2.62. The molecule has 5 nitrogen and oxygen atoms in total. The number of ketones is 1. The summed E-state index contributed by atoms with van der Waals surface area (Å²) in [4.78, 5) is 12.6. The first-order valence-electron chi connectivity index (χ1n) is 7.99. The Kier molecular flexibility index (Phi) is 3.00. The predicted octanol–water partition coefficient (Wildman–Crippen LogP) is 0.905. The quantitative estimate of drug-likeness (QED) is 0.866. The highest BCUT2D eigenvalue weighted by molar-refractivity contribution is 5.89. The molecule has 2 aliphatic carbocycles. The molecular formula is C17H22N2O3. The molecule has 3 unspecified atom stereocenters. The fraction of sp³-hybridized carbons (Fsp3) is 0.588. The van der Waals surface area contributed by atoms with Gasteiger partial charge in [0.25, 0.3) is 0 Å².